The predicted octanol–water partition coefficient (Wildman–Crippen LogP) is 3.12. The van der Waals surface area contributed by atoms with Crippen LogP contribution in [0.15, 0.2) is 35.2 Å². The van der Waals surface area contributed by atoms with Gasteiger partial charge in [0.15, 0.2) is 9.84 Å². The number of hydrogen-bond acceptors (Lipinski definition) is 3. The molecule has 0 radical (unpaired) electrons. The van der Waals surface area contributed by atoms with Crippen LogP contribution in [0.5, 0.6) is 0 Å². The summed E-state index contributed by atoms with van der Waals surface area (Å²) in [7, 11) is -3.35. The first-order chi connectivity index (χ1) is 10.3. The van der Waals surface area contributed by atoms with Gasteiger partial charge in [-0.2, -0.15) is 13.2 Å². The number of halogens is 3. The van der Waals surface area contributed by atoms with Crippen molar-refractivity contribution in [3.05, 3.63) is 30.3 Å². The summed E-state index contributed by atoms with van der Waals surface area (Å²) in [5.74, 6) is -1.32. The highest BCUT2D eigenvalue weighted by Gasteiger charge is 2.41. The van der Waals surface area contributed by atoms with Crippen LogP contribution >= 0.6 is 0 Å². The average molecular weight is 335 g/mol. The molecule has 0 spiro atoms. The van der Waals surface area contributed by atoms with E-state index in [-0.39, 0.29) is 23.6 Å². The number of nitrogens with zero attached hydrogens (tertiary/aromatic N) is 1. The summed E-state index contributed by atoms with van der Waals surface area (Å²) >= 11 is 0. The first kappa shape index (κ1) is 17.3. The monoisotopic (exact) mass is 335 g/mol. The fourth-order valence-corrected chi connectivity index (χ4v) is 4.07. The van der Waals surface area contributed by atoms with Crippen molar-refractivity contribution < 1.29 is 21.6 Å². The van der Waals surface area contributed by atoms with Gasteiger partial charge in [0.05, 0.1) is 16.6 Å². The molecule has 124 valence electrons. The second-order valence-electron chi connectivity index (χ2n) is 5.67. The molecule has 0 amide bonds. The summed E-state index contributed by atoms with van der Waals surface area (Å²) in [4.78, 5) is 1.99. The molecule has 1 saturated heterocycles. The van der Waals surface area contributed by atoms with Crippen LogP contribution in [0.2, 0.25) is 0 Å². The molecule has 1 aromatic rings. The molecular formula is C15H20F3NO2S. The lowest BCUT2D eigenvalue weighted by atomic mass is 9.97. The minimum atomic E-state index is -4.16. The first-order valence-electron chi connectivity index (χ1n) is 7.36. The second-order valence-corrected chi connectivity index (χ2v) is 7.78. The van der Waals surface area contributed by atoms with Gasteiger partial charge >= 0.3 is 6.18 Å². The van der Waals surface area contributed by atoms with Gasteiger partial charge in [-0.3, -0.25) is 0 Å². The Morgan fingerprint density at radius 3 is 2.50 bits per heavy atom. The third-order valence-corrected chi connectivity index (χ3v) is 5.77. The Labute approximate surface area is 129 Å². The molecule has 0 saturated carbocycles. The SMILES string of the molecule is O=S(=O)(CCCN1CCCC(C(F)(F)F)C1)c1ccccc1. The van der Waals surface area contributed by atoms with Gasteiger partial charge in [-0.1, -0.05) is 18.2 Å². The largest absolute Gasteiger partial charge is 0.393 e. The molecule has 0 bridgehead atoms. The van der Waals surface area contributed by atoms with Crippen LogP contribution in [-0.2, 0) is 9.84 Å². The lowest BCUT2D eigenvalue weighted by Crippen LogP contribution is -2.42. The molecule has 0 aliphatic carbocycles. The van der Waals surface area contributed by atoms with Crippen molar-refractivity contribution >= 4 is 9.84 Å². The van der Waals surface area contributed by atoms with Crippen LogP contribution in [0.4, 0.5) is 13.2 Å². The lowest BCUT2D eigenvalue weighted by Gasteiger charge is -2.33. The van der Waals surface area contributed by atoms with Gasteiger partial charge < -0.3 is 4.90 Å². The van der Waals surface area contributed by atoms with Crippen LogP contribution in [0.1, 0.15) is 19.3 Å². The maximum absolute atomic E-state index is 12.7. The smallest absolute Gasteiger partial charge is 0.303 e. The van der Waals surface area contributed by atoms with Crippen LogP contribution in [0.25, 0.3) is 0 Å². The van der Waals surface area contributed by atoms with E-state index in [9.17, 15) is 21.6 Å². The third-order valence-electron chi connectivity index (χ3n) is 3.96. The summed E-state index contributed by atoms with van der Waals surface area (Å²) in [6.07, 6.45) is -3.13. The lowest BCUT2D eigenvalue weighted by molar-refractivity contribution is -0.186. The molecule has 2 rings (SSSR count). The minimum Gasteiger partial charge on any atom is -0.303 e. The van der Waals surface area contributed by atoms with E-state index in [0.29, 0.717) is 25.9 Å². The molecule has 1 heterocycles. The van der Waals surface area contributed by atoms with Crippen LogP contribution < -0.4 is 0 Å². The highest BCUT2D eigenvalue weighted by atomic mass is 32.2. The Kier molecular flexibility index (Phi) is 5.50. The van der Waals surface area contributed by atoms with Gasteiger partial charge in [-0.15, -0.1) is 0 Å². The van der Waals surface area contributed by atoms with E-state index in [1.165, 1.54) is 12.1 Å². The van der Waals surface area contributed by atoms with E-state index in [1.54, 1.807) is 23.1 Å². The fraction of sp³-hybridized carbons (Fsp3) is 0.600. The molecule has 1 unspecified atom stereocenters. The standard InChI is InChI=1S/C15H20F3NO2S/c16-15(17,18)13-6-4-9-19(12-13)10-5-11-22(20,21)14-7-2-1-3-8-14/h1-3,7-8,13H,4-6,9-12H2. The maximum Gasteiger partial charge on any atom is 0.393 e. The van der Waals surface area contributed by atoms with Crippen molar-refractivity contribution in [3.8, 4) is 0 Å². The topological polar surface area (TPSA) is 37.4 Å². The first-order valence-corrected chi connectivity index (χ1v) is 9.01. The summed E-state index contributed by atoms with van der Waals surface area (Å²) in [5, 5.41) is 0. The molecule has 1 fully saturated rings. The Morgan fingerprint density at radius 1 is 1.18 bits per heavy atom. The van der Waals surface area contributed by atoms with Crippen molar-refractivity contribution in [2.75, 3.05) is 25.4 Å². The minimum absolute atomic E-state index is 0.0190. The molecule has 1 atom stereocenters. The quantitative estimate of drug-likeness (QED) is 0.830. The Morgan fingerprint density at radius 2 is 1.86 bits per heavy atom. The summed E-state index contributed by atoms with van der Waals surface area (Å²) in [5.41, 5.74) is 0. The van der Waals surface area contributed by atoms with E-state index in [1.807, 2.05) is 0 Å². The zero-order chi connectivity index (χ0) is 16.2. The summed E-state index contributed by atoms with van der Waals surface area (Å²) < 4.78 is 62.4. The van der Waals surface area contributed by atoms with Crippen molar-refractivity contribution in [2.24, 2.45) is 5.92 Å². The van der Waals surface area contributed by atoms with E-state index in [0.717, 1.165) is 0 Å². The molecule has 3 nitrogen and oxygen atoms in total. The van der Waals surface area contributed by atoms with Crippen molar-refractivity contribution in [2.45, 2.75) is 30.3 Å². The normalized spacial score (nSPS) is 21.0. The molecular weight excluding hydrogens is 315 g/mol. The second kappa shape index (κ2) is 7.00. The maximum atomic E-state index is 12.7. The number of alkyl halides is 3. The van der Waals surface area contributed by atoms with Gasteiger partial charge in [-0.25, -0.2) is 8.42 Å². The predicted molar refractivity (Wildman–Crippen MR) is 78.3 cm³/mol. The summed E-state index contributed by atoms with van der Waals surface area (Å²) in [6, 6.07) is 8.13. The van der Waals surface area contributed by atoms with Gasteiger partial charge in [0, 0.05) is 6.54 Å². The summed E-state index contributed by atoms with van der Waals surface area (Å²) in [6.45, 7) is 0.978. The number of hydrogen-bond donors (Lipinski definition) is 0. The van der Waals surface area contributed by atoms with E-state index < -0.39 is 21.9 Å². The zero-order valence-electron chi connectivity index (χ0n) is 12.2. The molecule has 0 N–H and O–H groups in total. The van der Waals surface area contributed by atoms with E-state index in [2.05, 4.69) is 0 Å². The van der Waals surface area contributed by atoms with Gasteiger partial charge in [0.2, 0.25) is 0 Å². The number of benzene rings is 1. The number of piperidine rings is 1. The van der Waals surface area contributed by atoms with Crippen molar-refractivity contribution in [1.82, 2.24) is 4.90 Å². The number of rotatable bonds is 5. The van der Waals surface area contributed by atoms with Crippen molar-refractivity contribution in [1.29, 1.82) is 0 Å². The zero-order valence-corrected chi connectivity index (χ0v) is 13.0. The molecule has 1 aromatic carbocycles. The van der Waals surface area contributed by atoms with Gasteiger partial charge in [0.1, 0.15) is 0 Å². The Balaban J connectivity index is 1.84. The van der Waals surface area contributed by atoms with Crippen molar-refractivity contribution in [3.63, 3.8) is 0 Å². The Hall–Kier alpha value is -1.08. The van der Waals surface area contributed by atoms with Crippen LogP contribution in [0.3, 0.4) is 0 Å². The molecule has 22 heavy (non-hydrogen) atoms. The highest BCUT2D eigenvalue weighted by Crippen LogP contribution is 2.33. The molecule has 1 aliphatic rings. The Bertz CT molecular complexity index is 572. The molecule has 0 aromatic heterocycles. The fourth-order valence-electron chi connectivity index (χ4n) is 2.75. The average Bonchev–Trinajstić information content (AvgIpc) is 2.47. The number of likely N-dealkylation sites (tertiary alicyclic amines) is 1. The molecule has 7 heteroatoms. The highest BCUT2D eigenvalue weighted by molar-refractivity contribution is 7.91. The number of sulfone groups is 1. The van der Waals surface area contributed by atoms with Gasteiger partial charge in [0.25, 0.3) is 0 Å². The van der Waals surface area contributed by atoms with Crippen LogP contribution in [0, 0.1) is 5.92 Å². The third kappa shape index (κ3) is 4.71. The van der Waals surface area contributed by atoms with Crippen LogP contribution in [-0.4, -0.2) is 44.9 Å². The van der Waals surface area contributed by atoms with E-state index in [4.69, 9.17) is 0 Å². The molecule has 1 aliphatic heterocycles. The van der Waals surface area contributed by atoms with E-state index >= 15 is 0 Å². The van der Waals surface area contributed by atoms with Gasteiger partial charge in [-0.05, 0) is 44.5 Å².